The third kappa shape index (κ3) is 4.32. The topological polar surface area (TPSA) is 90.4 Å². The Morgan fingerprint density at radius 2 is 2.18 bits per heavy atom. The molecule has 1 aromatic carbocycles. The predicted molar refractivity (Wildman–Crippen MR) is 69.0 cm³/mol. The molecule has 94 valence electrons. The van der Waals surface area contributed by atoms with Gasteiger partial charge in [0.15, 0.2) is 0 Å². The summed E-state index contributed by atoms with van der Waals surface area (Å²) in [5.41, 5.74) is 12.6. The normalized spacial score (nSPS) is 10.2. The minimum absolute atomic E-state index is 0.428. The highest BCUT2D eigenvalue weighted by atomic mass is 16.5. The molecule has 0 bridgehead atoms. The van der Waals surface area contributed by atoms with Crippen LogP contribution in [0.4, 0.5) is 11.4 Å². The molecule has 0 saturated heterocycles. The van der Waals surface area contributed by atoms with Crippen LogP contribution >= 0.6 is 0 Å². The van der Waals surface area contributed by atoms with E-state index in [2.05, 4.69) is 5.32 Å². The molecule has 0 spiro atoms. The van der Waals surface area contributed by atoms with Crippen LogP contribution in [0.1, 0.15) is 23.2 Å². The van der Waals surface area contributed by atoms with Gasteiger partial charge in [0.05, 0.1) is 5.56 Å². The molecule has 5 heteroatoms. The van der Waals surface area contributed by atoms with Crippen molar-refractivity contribution in [3.63, 3.8) is 0 Å². The lowest BCUT2D eigenvalue weighted by atomic mass is 10.1. The Morgan fingerprint density at radius 3 is 2.82 bits per heavy atom. The molecule has 0 fully saturated rings. The number of rotatable bonds is 7. The average molecular weight is 237 g/mol. The Hall–Kier alpha value is -1.75. The van der Waals surface area contributed by atoms with Gasteiger partial charge >= 0.3 is 0 Å². The summed E-state index contributed by atoms with van der Waals surface area (Å²) in [5, 5.41) is 3.17. The summed E-state index contributed by atoms with van der Waals surface area (Å²) in [6.07, 6.45) is 1.95. The monoisotopic (exact) mass is 237 g/mol. The first-order valence-electron chi connectivity index (χ1n) is 5.57. The Labute approximate surface area is 101 Å². The number of amides is 1. The molecule has 0 unspecified atom stereocenters. The van der Waals surface area contributed by atoms with E-state index >= 15 is 0 Å². The van der Waals surface area contributed by atoms with Gasteiger partial charge in [-0.25, -0.2) is 0 Å². The van der Waals surface area contributed by atoms with E-state index in [0.29, 0.717) is 11.3 Å². The second-order valence-corrected chi connectivity index (χ2v) is 3.80. The van der Waals surface area contributed by atoms with Crippen LogP contribution < -0.4 is 16.8 Å². The van der Waals surface area contributed by atoms with E-state index in [1.807, 2.05) is 0 Å². The van der Waals surface area contributed by atoms with Crippen molar-refractivity contribution in [3.8, 4) is 0 Å². The van der Waals surface area contributed by atoms with Gasteiger partial charge in [0.2, 0.25) is 0 Å². The molecular formula is C12H19N3O2. The standard InChI is InChI=1S/C12H19N3O2/c1-17-7-3-2-6-15-11-5-4-9(13)8-10(11)12(14)16/h4-5,8,15H,2-3,6-7,13H2,1H3,(H2,14,16). The molecule has 0 radical (unpaired) electrons. The Kier molecular flexibility index (Phi) is 5.29. The average Bonchev–Trinajstić information content (AvgIpc) is 2.30. The fourth-order valence-corrected chi connectivity index (χ4v) is 1.51. The van der Waals surface area contributed by atoms with Gasteiger partial charge in [-0.3, -0.25) is 4.79 Å². The lowest BCUT2D eigenvalue weighted by molar-refractivity contribution is 0.100. The van der Waals surface area contributed by atoms with Crippen LogP contribution in [0.15, 0.2) is 18.2 Å². The highest BCUT2D eigenvalue weighted by Gasteiger charge is 2.07. The quantitative estimate of drug-likeness (QED) is 0.491. The zero-order valence-electron chi connectivity index (χ0n) is 10.0. The number of hydrogen-bond acceptors (Lipinski definition) is 4. The van der Waals surface area contributed by atoms with Crippen LogP contribution in [0.2, 0.25) is 0 Å². The van der Waals surface area contributed by atoms with Gasteiger partial charge in [-0.1, -0.05) is 0 Å². The number of hydrogen-bond donors (Lipinski definition) is 3. The highest BCUT2D eigenvalue weighted by Crippen LogP contribution is 2.18. The van der Waals surface area contributed by atoms with E-state index in [0.717, 1.165) is 31.7 Å². The smallest absolute Gasteiger partial charge is 0.250 e. The largest absolute Gasteiger partial charge is 0.399 e. The maximum Gasteiger partial charge on any atom is 0.250 e. The second-order valence-electron chi connectivity index (χ2n) is 3.80. The van der Waals surface area contributed by atoms with Gasteiger partial charge in [0.25, 0.3) is 5.91 Å². The Morgan fingerprint density at radius 1 is 1.41 bits per heavy atom. The van der Waals surface area contributed by atoms with E-state index in [1.165, 1.54) is 0 Å². The SMILES string of the molecule is COCCCCNc1ccc(N)cc1C(N)=O. The Balaban J connectivity index is 2.55. The van der Waals surface area contributed by atoms with Crippen molar-refractivity contribution in [3.05, 3.63) is 23.8 Å². The van der Waals surface area contributed by atoms with Gasteiger partial charge in [-0.05, 0) is 31.0 Å². The van der Waals surface area contributed by atoms with Gasteiger partial charge in [-0.2, -0.15) is 0 Å². The Bertz CT molecular complexity index is 380. The number of benzene rings is 1. The molecule has 5 N–H and O–H groups in total. The van der Waals surface area contributed by atoms with Crippen molar-refractivity contribution in [2.24, 2.45) is 5.73 Å². The van der Waals surface area contributed by atoms with Crippen LogP contribution in [0.3, 0.4) is 0 Å². The van der Waals surface area contributed by atoms with E-state index < -0.39 is 5.91 Å². The van der Waals surface area contributed by atoms with Crippen molar-refractivity contribution in [1.82, 2.24) is 0 Å². The fraction of sp³-hybridized carbons (Fsp3) is 0.417. The number of nitrogens with two attached hydrogens (primary N) is 2. The molecule has 17 heavy (non-hydrogen) atoms. The number of methoxy groups -OCH3 is 1. The van der Waals surface area contributed by atoms with E-state index in [9.17, 15) is 4.79 Å². The minimum atomic E-state index is -0.475. The van der Waals surface area contributed by atoms with Gasteiger partial charge < -0.3 is 21.5 Å². The highest BCUT2D eigenvalue weighted by molar-refractivity contribution is 5.99. The summed E-state index contributed by atoms with van der Waals surface area (Å²) >= 11 is 0. The maximum absolute atomic E-state index is 11.2. The van der Waals surface area contributed by atoms with Crippen LogP contribution in [0.25, 0.3) is 0 Å². The minimum Gasteiger partial charge on any atom is -0.399 e. The van der Waals surface area contributed by atoms with Crippen LogP contribution in [-0.2, 0) is 4.74 Å². The van der Waals surface area contributed by atoms with E-state index in [-0.39, 0.29) is 0 Å². The third-order valence-corrected chi connectivity index (χ3v) is 2.40. The summed E-state index contributed by atoms with van der Waals surface area (Å²) in [6, 6.07) is 5.09. The second kappa shape index (κ2) is 6.75. The third-order valence-electron chi connectivity index (χ3n) is 2.40. The van der Waals surface area contributed by atoms with Crippen molar-refractivity contribution < 1.29 is 9.53 Å². The fourth-order valence-electron chi connectivity index (χ4n) is 1.51. The van der Waals surface area contributed by atoms with Crippen LogP contribution in [0, 0.1) is 0 Å². The first-order valence-corrected chi connectivity index (χ1v) is 5.57. The first-order chi connectivity index (χ1) is 8.15. The van der Waals surface area contributed by atoms with E-state index in [4.69, 9.17) is 16.2 Å². The lowest BCUT2D eigenvalue weighted by Crippen LogP contribution is -2.15. The zero-order valence-corrected chi connectivity index (χ0v) is 10.0. The number of carbonyl (C=O) groups excluding carboxylic acids is 1. The summed E-state index contributed by atoms with van der Waals surface area (Å²) < 4.78 is 4.95. The predicted octanol–water partition coefficient (Wildman–Crippen LogP) is 1.21. The first kappa shape index (κ1) is 13.3. The molecule has 0 aromatic heterocycles. The molecule has 0 atom stereocenters. The summed E-state index contributed by atoms with van der Waals surface area (Å²) in [5.74, 6) is -0.475. The number of primary amides is 1. The van der Waals surface area contributed by atoms with Crippen molar-refractivity contribution in [2.45, 2.75) is 12.8 Å². The van der Waals surface area contributed by atoms with Crippen molar-refractivity contribution in [1.29, 1.82) is 0 Å². The van der Waals surface area contributed by atoms with Gasteiger partial charge in [0, 0.05) is 31.6 Å². The zero-order chi connectivity index (χ0) is 12.7. The van der Waals surface area contributed by atoms with Crippen molar-refractivity contribution in [2.75, 3.05) is 31.3 Å². The molecule has 0 aliphatic heterocycles. The number of nitrogens with one attached hydrogen (secondary N) is 1. The number of anilines is 2. The molecule has 0 saturated carbocycles. The maximum atomic E-state index is 11.2. The van der Waals surface area contributed by atoms with Crippen molar-refractivity contribution >= 4 is 17.3 Å². The molecule has 1 rings (SSSR count). The molecule has 0 aliphatic rings. The van der Waals surface area contributed by atoms with Gasteiger partial charge in [-0.15, -0.1) is 0 Å². The number of carbonyl (C=O) groups is 1. The summed E-state index contributed by atoms with van der Waals surface area (Å²) in [6.45, 7) is 1.51. The molecular weight excluding hydrogens is 218 g/mol. The number of unbranched alkanes of at least 4 members (excludes halogenated alkanes) is 1. The molecule has 1 amide bonds. The summed E-state index contributed by atoms with van der Waals surface area (Å²) in [7, 11) is 1.68. The van der Waals surface area contributed by atoms with E-state index in [1.54, 1.807) is 25.3 Å². The number of ether oxygens (including phenoxy) is 1. The van der Waals surface area contributed by atoms with Crippen LogP contribution in [0.5, 0.6) is 0 Å². The molecule has 0 aliphatic carbocycles. The number of nitrogen functional groups attached to an aromatic ring is 1. The molecule has 5 nitrogen and oxygen atoms in total. The van der Waals surface area contributed by atoms with Gasteiger partial charge in [0.1, 0.15) is 0 Å². The van der Waals surface area contributed by atoms with Crippen LogP contribution in [-0.4, -0.2) is 26.2 Å². The molecule has 1 aromatic rings. The lowest BCUT2D eigenvalue weighted by Gasteiger charge is -2.10. The molecule has 0 heterocycles. The summed E-state index contributed by atoms with van der Waals surface area (Å²) in [4.78, 5) is 11.2.